The van der Waals surface area contributed by atoms with Crippen molar-refractivity contribution in [2.24, 2.45) is 5.92 Å². The van der Waals surface area contributed by atoms with Gasteiger partial charge in [-0.3, -0.25) is 0 Å². The highest BCUT2D eigenvalue weighted by Crippen LogP contribution is 2.38. The fourth-order valence-electron chi connectivity index (χ4n) is 3.14. The molecule has 1 aromatic rings. The first kappa shape index (κ1) is 14.1. The Labute approximate surface area is 119 Å². The van der Waals surface area contributed by atoms with E-state index in [2.05, 4.69) is 41.1 Å². The Bertz CT molecular complexity index is 383. The summed E-state index contributed by atoms with van der Waals surface area (Å²) in [5.41, 5.74) is 4.09. The minimum Gasteiger partial charge on any atom is -0.376 e. The van der Waals surface area contributed by atoms with E-state index in [1.54, 1.807) is 0 Å². The Morgan fingerprint density at radius 3 is 2.61 bits per heavy atom. The molecule has 18 heavy (non-hydrogen) atoms. The number of benzene rings is 1. The topological polar surface area (TPSA) is 9.23 Å². The van der Waals surface area contributed by atoms with Crippen LogP contribution in [0.3, 0.4) is 0 Å². The fourth-order valence-corrected chi connectivity index (χ4v) is 3.62. The Morgan fingerprint density at radius 1 is 1.28 bits per heavy atom. The Hall–Kier alpha value is -0.340. The molecule has 0 amide bonds. The number of rotatable bonds is 4. The zero-order valence-electron chi connectivity index (χ0n) is 11.4. The molecule has 1 saturated carbocycles. The molecule has 0 bridgehead atoms. The predicted molar refractivity (Wildman–Crippen MR) is 80.1 cm³/mol. The van der Waals surface area contributed by atoms with Crippen LogP contribution in [0.25, 0.3) is 0 Å². The number of methoxy groups -OCH3 is 1. The Kier molecular flexibility index (Phi) is 5.25. The molecule has 1 fully saturated rings. The van der Waals surface area contributed by atoms with Crippen LogP contribution >= 0.6 is 15.9 Å². The summed E-state index contributed by atoms with van der Waals surface area (Å²) >= 11 is 3.61. The number of alkyl halides is 1. The molecule has 1 nitrogen and oxygen atoms in total. The van der Waals surface area contributed by atoms with Crippen molar-refractivity contribution >= 4 is 15.9 Å². The Balaban J connectivity index is 2.25. The molecule has 1 atom stereocenters. The van der Waals surface area contributed by atoms with Crippen LogP contribution < -0.4 is 0 Å². The molecule has 2 heteroatoms. The highest BCUT2D eigenvalue weighted by molar-refractivity contribution is 9.08. The second kappa shape index (κ2) is 6.72. The minimum atomic E-state index is 0.276. The quantitative estimate of drug-likeness (QED) is 0.698. The summed E-state index contributed by atoms with van der Waals surface area (Å²) in [7, 11) is 1.86. The molecule has 0 heterocycles. The molecule has 0 saturated heterocycles. The first-order valence-electron chi connectivity index (χ1n) is 6.94. The van der Waals surface area contributed by atoms with Gasteiger partial charge in [-0.05, 0) is 36.8 Å². The van der Waals surface area contributed by atoms with Crippen LogP contribution in [-0.2, 0) is 10.1 Å². The normalized spacial score (nSPS) is 18.8. The highest BCUT2D eigenvalue weighted by atomic mass is 79.9. The molecule has 0 aromatic heterocycles. The van der Waals surface area contributed by atoms with Gasteiger partial charge in [-0.15, -0.1) is 0 Å². The average Bonchev–Trinajstić information content (AvgIpc) is 2.42. The first-order chi connectivity index (χ1) is 8.76. The smallest absolute Gasteiger partial charge is 0.0852 e. The number of halogens is 1. The number of hydrogen-bond donors (Lipinski definition) is 0. The molecule has 100 valence electrons. The lowest BCUT2D eigenvalue weighted by molar-refractivity contribution is 0.0349. The van der Waals surface area contributed by atoms with Crippen LogP contribution in [-0.4, -0.2) is 7.11 Å². The molecular weight excluding hydrogens is 288 g/mol. The second-order valence-corrected chi connectivity index (χ2v) is 5.95. The van der Waals surface area contributed by atoms with Gasteiger partial charge in [0, 0.05) is 12.4 Å². The van der Waals surface area contributed by atoms with Gasteiger partial charge >= 0.3 is 0 Å². The highest BCUT2D eigenvalue weighted by Gasteiger charge is 2.26. The van der Waals surface area contributed by atoms with E-state index in [1.165, 1.54) is 48.8 Å². The van der Waals surface area contributed by atoms with Gasteiger partial charge in [-0.2, -0.15) is 0 Å². The summed E-state index contributed by atoms with van der Waals surface area (Å²) in [6, 6.07) is 6.74. The third-order valence-electron chi connectivity index (χ3n) is 4.08. The number of ether oxygens (including phenoxy) is 1. The molecule has 2 rings (SSSR count). The lowest BCUT2D eigenvalue weighted by atomic mass is 9.81. The van der Waals surface area contributed by atoms with E-state index in [-0.39, 0.29) is 6.10 Å². The summed E-state index contributed by atoms with van der Waals surface area (Å²) in [5, 5.41) is 0.913. The van der Waals surface area contributed by atoms with Gasteiger partial charge in [0.05, 0.1) is 6.10 Å². The summed E-state index contributed by atoms with van der Waals surface area (Å²) in [6.07, 6.45) is 7.02. The molecular formula is C16H23BrO. The van der Waals surface area contributed by atoms with Crippen molar-refractivity contribution in [2.75, 3.05) is 7.11 Å². The zero-order chi connectivity index (χ0) is 13.0. The van der Waals surface area contributed by atoms with Gasteiger partial charge in [0.1, 0.15) is 0 Å². The maximum atomic E-state index is 5.84. The SMILES string of the molecule is CO[C@H](c1ccc(C)cc1CBr)C1CCCCC1. The standard InChI is InChI=1S/C16H23BrO/c1-12-8-9-15(14(10-12)11-17)16(18-2)13-6-4-3-5-7-13/h8-10,13,16H,3-7,11H2,1-2H3/t16-/m0/s1. The first-order valence-corrected chi connectivity index (χ1v) is 8.06. The summed E-state index contributed by atoms with van der Waals surface area (Å²) in [4.78, 5) is 0. The molecule has 1 aromatic carbocycles. The van der Waals surface area contributed by atoms with Gasteiger partial charge in [-0.1, -0.05) is 59.0 Å². The van der Waals surface area contributed by atoms with Crippen molar-refractivity contribution in [3.05, 3.63) is 34.9 Å². The molecule has 0 unspecified atom stereocenters. The third kappa shape index (κ3) is 3.16. The van der Waals surface area contributed by atoms with Gasteiger partial charge in [0.15, 0.2) is 0 Å². The molecule has 1 aliphatic carbocycles. The van der Waals surface area contributed by atoms with Gasteiger partial charge in [0.25, 0.3) is 0 Å². The third-order valence-corrected chi connectivity index (χ3v) is 4.68. The minimum absolute atomic E-state index is 0.276. The molecule has 0 spiro atoms. The second-order valence-electron chi connectivity index (χ2n) is 5.39. The monoisotopic (exact) mass is 310 g/mol. The Morgan fingerprint density at radius 2 is 2.00 bits per heavy atom. The van der Waals surface area contributed by atoms with Gasteiger partial charge in [0.2, 0.25) is 0 Å². The van der Waals surface area contributed by atoms with Crippen molar-refractivity contribution in [2.45, 2.75) is 50.5 Å². The van der Waals surface area contributed by atoms with Crippen LogP contribution in [0.15, 0.2) is 18.2 Å². The maximum absolute atomic E-state index is 5.84. The van der Waals surface area contributed by atoms with E-state index < -0.39 is 0 Å². The molecule has 0 radical (unpaired) electrons. The van der Waals surface area contributed by atoms with Crippen molar-refractivity contribution in [1.29, 1.82) is 0 Å². The summed E-state index contributed by atoms with van der Waals surface area (Å²) < 4.78 is 5.84. The summed E-state index contributed by atoms with van der Waals surface area (Å²) in [6.45, 7) is 2.15. The molecule has 0 aliphatic heterocycles. The predicted octanol–water partition coefficient (Wildman–Crippen LogP) is 5.16. The lowest BCUT2D eigenvalue weighted by Crippen LogP contribution is -2.19. The largest absolute Gasteiger partial charge is 0.376 e. The van der Waals surface area contributed by atoms with Gasteiger partial charge < -0.3 is 4.74 Å². The lowest BCUT2D eigenvalue weighted by Gasteiger charge is -2.30. The average molecular weight is 311 g/mol. The molecule has 1 aliphatic rings. The summed E-state index contributed by atoms with van der Waals surface area (Å²) in [5.74, 6) is 0.698. The van der Waals surface area contributed by atoms with E-state index in [0.717, 1.165) is 5.33 Å². The van der Waals surface area contributed by atoms with Crippen LogP contribution in [0.2, 0.25) is 0 Å². The van der Waals surface area contributed by atoms with Crippen molar-refractivity contribution in [1.82, 2.24) is 0 Å². The van der Waals surface area contributed by atoms with E-state index in [4.69, 9.17) is 4.74 Å². The van der Waals surface area contributed by atoms with E-state index in [1.807, 2.05) is 7.11 Å². The number of aryl methyl sites for hydroxylation is 1. The van der Waals surface area contributed by atoms with Gasteiger partial charge in [-0.25, -0.2) is 0 Å². The van der Waals surface area contributed by atoms with E-state index >= 15 is 0 Å². The van der Waals surface area contributed by atoms with Crippen LogP contribution in [0.5, 0.6) is 0 Å². The number of hydrogen-bond acceptors (Lipinski definition) is 1. The van der Waals surface area contributed by atoms with Crippen molar-refractivity contribution in [3.8, 4) is 0 Å². The zero-order valence-corrected chi connectivity index (χ0v) is 13.0. The molecule has 0 N–H and O–H groups in total. The fraction of sp³-hybridized carbons (Fsp3) is 0.625. The van der Waals surface area contributed by atoms with Crippen LogP contribution in [0.1, 0.15) is 54.9 Å². The van der Waals surface area contributed by atoms with Crippen molar-refractivity contribution < 1.29 is 4.74 Å². The van der Waals surface area contributed by atoms with Crippen LogP contribution in [0, 0.1) is 12.8 Å². The van der Waals surface area contributed by atoms with E-state index in [0.29, 0.717) is 5.92 Å². The van der Waals surface area contributed by atoms with Crippen molar-refractivity contribution in [3.63, 3.8) is 0 Å². The van der Waals surface area contributed by atoms with E-state index in [9.17, 15) is 0 Å². The van der Waals surface area contributed by atoms with Crippen LogP contribution in [0.4, 0.5) is 0 Å². The maximum Gasteiger partial charge on any atom is 0.0852 e.